The molecule has 0 aromatic heterocycles. The Labute approximate surface area is 97.1 Å². The Morgan fingerprint density at radius 2 is 2.00 bits per heavy atom. The molecule has 0 fully saturated rings. The summed E-state index contributed by atoms with van der Waals surface area (Å²) < 4.78 is 0. The molecule has 0 saturated heterocycles. The van der Waals surface area contributed by atoms with Gasteiger partial charge in [0, 0.05) is 0 Å². The molecule has 2 heteroatoms. The lowest BCUT2D eigenvalue weighted by Gasteiger charge is -1.98. The summed E-state index contributed by atoms with van der Waals surface area (Å²) in [5.41, 5.74) is 2.21. The van der Waals surface area contributed by atoms with Crippen molar-refractivity contribution in [1.82, 2.24) is 0 Å². The van der Waals surface area contributed by atoms with Gasteiger partial charge in [0.25, 0.3) is 0 Å². The van der Waals surface area contributed by atoms with E-state index in [1.54, 1.807) is 0 Å². The van der Waals surface area contributed by atoms with Crippen LogP contribution in [0.4, 0.5) is 5.69 Å². The van der Waals surface area contributed by atoms with Crippen molar-refractivity contribution in [2.24, 2.45) is 9.98 Å². The Hall–Kier alpha value is -1.84. The van der Waals surface area contributed by atoms with Crippen molar-refractivity contribution in [2.75, 3.05) is 6.54 Å². The van der Waals surface area contributed by atoms with Crippen LogP contribution in [0.15, 0.2) is 34.3 Å². The number of aliphatic imine (C=N–C) groups is 2. The molecule has 0 spiro atoms. The van der Waals surface area contributed by atoms with Gasteiger partial charge in [-0.25, -0.2) is 4.99 Å². The fourth-order valence-electron chi connectivity index (χ4n) is 1.29. The van der Waals surface area contributed by atoms with Gasteiger partial charge >= 0.3 is 0 Å². The normalized spacial score (nSPS) is 9.00. The number of aryl methyl sites for hydroxylation is 1. The molecule has 0 aliphatic rings. The molecule has 1 aromatic carbocycles. The highest BCUT2D eigenvalue weighted by atomic mass is 14.8. The van der Waals surface area contributed by atoms with Crippen LogP contribution in [0.2, 0.25) is 0 Å². The molecule has 0 aliphatic heterocycles. The highest BCUT2D eigenvalue weighted by Crippen LogP contribution is 2.13. The van der Waals surface area contributed by atoms with Gasteiger partial charge < -0.3 is 0 Å². The van der Waals surface area contributed by atoms with Crippen LogP contribution >= 0.6 is 0 Å². The zero-order chi connectivity index (χ0) is 11.6. The third kappa shape index (κ3) is 4.59. The van der Waals surface area contributed by atoms with Crippen LogP contribution in [0.25, 0.3) is 0 Å². The van der Waals surface area contributed by atoms with E-state index in [2.05, 4.69) is 41.0 Å². The second-order valence-electron chi connectivity index (χ2n) is 3.50. The molecule has 2 nitrogen and oxygen atoms in total. The van der Waals surface area contributed by atoms with E-state index in [0.29, 0.717) is 6.54 Å². The predicted molar refractivity (Wildman–Crippen MR) is 68.3 cm³/mol. The van der Waals surface area contributed by atoms with E-state index in [1.165, 1.54) is 18.4 Å². The standard InChI is InChI=1S/C14H16N2/c1-3-5-6-13-7-9-14(10-8-13)16-12-15-11-4-2/h2,7-10H,3,5-6,11H2,1H3. The fourth-order valence-corrected chi connectivity index (χ4v) is 1.29. The number of rotatable bonds is 5. The Morgan fingerprint density at radius 1 is 1.25 bits per heavy atom. The van der Waals surface area contributed by atoms with E-state index in [1.807, 2.05) is 12.1 Å². The first-order valence-corrected chi connectivity index (χ1v) is 5.51. The molecule has 82 valence electrons. The largest absolute Gasteiger partial charge is 0.212 e. The maximum Gasteiger partial charge on any atom is 0.110 e. The van der Waals surface area contributed by atoms with Crippen LogP contribution in [-0.4, -0.2) is 12.6 Å². The Balaban J connectivity index is 2.58. The average Bonchev–Trinajstić information content (AvgIpc) is 2.33. The monoisotopic (exact) mass is 212 g/mol. The average molecular weight is 212 g/mol. The maximum absolute atomic E-state index is 5.05. The lowest BCUT2D eigenvalue weighted by molar-refractivity contribution is 0.795. The zero-order valence-corrected chi connectivity index (χ0v) is 9.61. The topological polar surface area (TPSA) is 24.7 Å². The molecular formula is C14H16N2. The van der Waals surface area contributed by atoms with E-state index in [-0.39, 0.29) is 0 Å². The molecule has 1 aromatic rings. The summed E-state index contributed by atoms with van der Waals surface area (Å²) in [5, 5.41) is 0. The molecular weight excluding hydrogens is 196 g/mol. The third-order valence-corrected chi connectivity index (χ3v) is 2.18. The minimum absolute atomic E-state index is 0.331. The van der Waals surface area contributed by atoms with Crippen molar-refractivity contribution in [3.05, 3.63) is 29.8 Å². The predicted octanol–water partition coefficient (Wildman–Crippen LogP) is 3.47. The summed E-state index contributed by atoms with van der Waals surface area (Å²) >= 11 is 0. The molecule has 0 aliphatic carbocycles. The molecule has 0 amide bonds. The highest BCUT2D eigenvalue weighted by molar-refractivity contribution is 5.52. The SMILES string of the molecule is C#CCN=C=Nc1ccc(CCCC)cc1. The minimum Gasteiger partial charge on any atom is -0.212 e. The molecule has 16 heavy (non-hydrogen) atoms. The number of unbranched alkanes of at least 4 members (excludes halogenated alkanes) is 1. The van der Waals surface area contributed by atoms with Gasteiger partial charge in [-0.3, -0.25) is 0 Å². The lowest BCUT2D eigenvalue weighted by Crippen LogP contribution is -1.82. The summed E-state index contributed by atoms with van der Waals surface area (Å²) in [5.74, 6) is 2.40. The number of hydrogen-bond acceptors (Lipinski definition) is 2. The second kappa shape index (κ2) is 7.45. The van der Waals surface area contributed by atoms with Crippen LogP contribution in [0.5, 0.6) is 0 Å². The number of terminal acetylenes is 1. The molecule has 0 N–H and O–H groups in total. The van der Waals surface area contributed by atoms with Gasteiger partial charge in [-0.05, 0) is 30.5 Å². The molecule has 0 saturated carbocycles. The summed E-state index contributed by atoms with van der Waals surface area (Å²) in [6, 6.07) is 10.7. The first kappa shape index (κ1) is 12.2. The van der Waals surface area contributed by atoms with Crippen LogP contribution in [0.3, 0.4) is 0 Å². The first-order valence-electron chi connectivity index (χ1n) is 5.51. The maximum atomic E-state index is 5.05. The summed E-state index contributed by atoms with van der Waals surface area (Å²) in [4.78, 5) is 7.86. The zero-order valence-electron chi connectivity index (χ0n) is 9.61. The molecule has 1 rings (SSSR count). The van der Waals surface area contributed by atoms with Crippen molar-refractivity contribution < 1.29 is 0 Å². The van der Waals surface area contributed by atoms with Crippen molar-refractivity contribution >= 4 is 11.7 Å². The Morgan fingerprint density at radius 3 is 2.62 bits per heavy atom. The minimum atomic E-state index is 0.331. The number of benzene rings is 1. The van der Waals surface area contributed by atoms with Gasteiger partial charge in [0.1, 0.15) is 6.54 Å². The third-order valence-electron chi connectivity index (χ3n) is 2.18. The highest BCUT2D eigenvalue weighted by Gasteiger charge is 1.92. The van der Waals surface area contributed by atoms with Crippen LogP contribution in [0.1, 0.15) is 25.3 Å². The Kier molecular flexibility index (Phi) is 5.70. The van der Waals surface area contributed by atoms with Gasteiger partial charge in [-0.15, -0.1) is 6.42 Å². The van der Waals surface area contributed by atoms with Gasteiger partial charge in [0.2, 0.25) is 0 Å². The van der Waals surface area contributed by atoms with E-state index in [9.17, 15) is 0 Å². The number of nitrogens with zero attached hydrogens (tertiary/aromatic N) is 2. The summed E-state index contributed by atoms with van der Waals surface area (Å²) in [7, 11) is 0. The number of hydrogen-bond donors (Lipinski definition) is 0. The van der Waals surface area contributed by atoms with Gasteiger partial charge in [-0.2, -0.15) is 4.99 Å². The summed E-state index contributed by atoms with van der Waals surface area (Å²) in [6.45, 7) is 2.53. The van der Waals surface area contributed by atoms with Crippen molar-refractivity contribution in [1.29, 1.82) is 0 Å². The molecule has 0 radical (unpaired) electrons. The quantitative estimate of drug-likeness (QED) is 0.527. The van der Waals surface area contributed by atoms with Crippen LogP contribution in [-0.2, 0) is 6.42 Å². The van der Waals surface area contributed by atoms with Crippen LogP contribution < -0.4 is 0 Å². The van der Waals surface area contributed by atoms with Gasteiger partial charge in [0.05, 0.1) is 11.7 Å². The lowest BCUT2D eigenvalue weighted by atomic mass is 10.1. The molecule has 0 heterocycles. The first-order chi connectivity index (χ1) is 7.86. The summed E-state index contributed by atoms with van der Waals surface area (Å²) in [6.07, 6.45) is 8.63. The molecule has 0 atom stereocenters. The van der Waals surface area contributed by atoms with Gasteiger partial charge in [0.15, 0.2) is 0 Å². The smallest absolute Gasteiger partial charge is 0.110 e. The van der Waals surface area contributed by atoms with Crippen LogP contribution in [0, 0.1) is 12.3 Å². The van der Waals surface area contributed by atoms with E-state index < -0.39 is 0 Å². The van der Waals surface area contributed by atoms with Gasteiger partial charge in [-0.1, -0.05) is 31.4 Å². The van der Waals surface area contributed by atoms with E-state index in [4.69, 9.17) is 6.42 Å². The molecule has 0 unspecified atom stereocenters. The fraction of sp³-hybridized carbons (Fsp3) is 0.357. The van der Waals surface area contributed by atoms with E-state index >= 15 is 0 Å². The van der Waals surface area contributed by atoms with Crippen molar-refractivity contribution in [3.8, 4) is 12.3 Å². The van der Waals surface area contributed by atoms with E-state index in [0.717, 1.165) is 12.1 Å². The Bertz CT molecular complexity index is 403. The molecule has 0 bridgehead atoms. The van der Waals surface area contributed by atoms with Crippen molar-refractivity contribution in [2.45, 2.75) is 26.2 Å². The van der Waals surface area contributed by atoms with Crippen molar-refractivity contribution in [3.63, 3.8) is 0 Å². The second-order valence-corrected chi connectivity index (χ2v) is 3.50.